The lowest BCUT2D eigenvalue weighted by Gasteiger charge is -2.19. The Labute approximate surface area is 91.1 Å². The van der Waals surface area contributed by atoms with Crippen molar-refractivity contribution in [3.05, 3.63) is 16.4 Å². The van der Waals surface area contributed by atoms with Crippen molar-refractivity contribution >= 4 is 21.7 Å². The van der Waals surface area contributed by atoms with Gasteiger partial charge in [-0.2, -0.15) is 5.10 Å². The highest BCUT2D eigenvalue weighted by Crippen LogP contribution is 2.22. The highest BCUT2D eigenvalue weighted by atomic mass is 79.9. The van der Waals surface area contributed by atoms with Crippen molar-refractivity contribution in [3.8, 4) is 0 Å². The van der Waals surface area contributed by atoms with Gasteiger partial charge in [-0.15, -0.1) is 0 Å². The standard InChI is InChI=1S/C9H13BrN2O2/c1-4-9(2,14)8(13)7-6(10)5-11-12(7)3/h5,14H,4H2,1-3H3. The third-order valence-corrected chi connectivity index (χ3v) is 2.87. The van der Waals surface area contributed by atoms with Crippen LogP contribution in [0.4, 0.5) is 0 Å². The number of aliphatic hydroxyl groups is 1. The van der Waals surface area contributed by atoms with E-state index in [1.54, 1.807) is 20.2 Å². The number of hydrogen-bond acceptors (Lipinski definition) is 3. The second kappa shape index (κ2) is 3.82. The van der Waals surface area contributed by atoms with Gasteiger partial charge < -0.3 is 5.11 Å². The van der Waals surface area contributed by atoms with Crippen LogP contribution in [-0.2, 0) is 7.05 Å². The molecule has 4 nitrogen and oxygen atoms in total. The Bertz CT molecular complexity index is 338. The molecule has 0 aromatic carbocycles. The summed E-state index contributed by atoms with van der Waals surface area (Å²) in [5, 5.41) is 13.7. The molecule has 1 aromatic heterocycles. The van der Waals surface area contributed by atoms with Crippen molar-refractivity contribution < 1.29 is 9.90 Å². The van der Waals surface area contributed by atoms with E-state index in [0.29, 0.717) is 16.6 Å². The van der Waals surface area contributed by atoms with E-state index in [1.165, 1.54) is 11.6 Å². The molecule has 0 bridgehead atoms. The van der Waals surface area contributed by atoms with Gasteiger partial charge >= 0.3 is 0 Å². The minimum absolute atomic E-state index is 0.313. The summed E-state index contributed by atoms with van der Waals surface area (Å²) in [7, 11) is 1.67. The predicted octanol–water partition coefficient (Wildman–Crippen LogP) is 1.53. The summed E-state index contributed by atoms with van der Waals surface area (Å²) >= 11 is 3.22. The van der Waals surface area contributed by atoms with Crippen LogP contribution in [0, 0.1) is 0 Å². The number of aromatic nitrogens is 2. The minimum atomic E-state index is -1.32. The van der Waals surface area contributed by atoms with Crippen molar-refractivity contribution in [2.45, 2.75) is 25.9 Å². The molecule has 0 aliphatic carbocycles. The van der Waals surface area contributed by atoms with Crippen molar-refractivity contribution in [2.24, 2.45) is 7.05 Å². The highest BCUT2D eigenvalue weighted by molar-refractivity contribution is 9.10. The number of carbonyl (C=O) groups excluding carboxylic acids is 1. The maximum Gasteiger partial charge on any atom is 0.213 e. The molecular formula is C9H13BrN2O2. The number of aryl methyl sites for hydroxylation is 1. The van der Waals surface area contributed by atoms with E-state index < -0.39 is 5.60 Å². The zero-order valence-electron chi connectivity index (χ0n) is 8.41. The fourth-order valence-electron chi connectivity index (χ4n) is 1.08. The predicted molar refractivity (Wildman–Crippen MR) is 56.2 cm³/mol. The first-order valence-corrected chi connectivity index (χ1v) is 5.14. The zero-order valence-corrected chi connectivity index (χ0v) is 10.00. The van der Waals surface area contributed by atoms with Gasteiger partial charge in [-0.25, -0.2) is 0 Å². The molecule has 0 fully saturated rings. The normalized spacial score (nSPS) is 15.2. The monoisotopic (exact) mass is 260 g/mol. The molecule has 1 heterocycles. The van der Waals surface area contributed by atoms with E-state index in [-0.39, 0.29) is 5.78 Å². The smallest absolute Gasteiger partial charge is 0.213 e. The molecule has 0 amide bonds. The summed E-state index contributed by atoms with van der Waals surface area (Å²) in [5.41, 5.74) is -0.923. The van der Waals surface area contributed by atoms with Crippen LogP contribution in [0.25, 0.3) is 0 Å². The van der Waals surface area contributed by atoms with Crippen LogP contribution in [0.15, 0.2) is 10.7 Å². The van der Waals surface area contributed by atoms with Crippen molar-refractivity contribution in [3.63, 3.8) is 0 Å². The molecule has 78 valence electrons. The Kier molecular flexibility index (Phi) is 3.11. The Morgan fingerprint density at radius 3 is 2.71 bits per heavy atom. The van der Waals surface area contributed by atoms with Crippen LogP contribution in [0.3, 0.4) is 0 Å². The highest BCUT2D eigenvalue weighted by Gasteiger charge is 2.32. The van der Waals surface area contributed by atoms with Gasteiger partial charge in [0.05, 0.1) is 10.7 Å². The minimum Gasteiger partial charge on any atom is -0.382 e. The molecule has 0 saturated heterocycles. The van der Waals surface area contributed by atoms with Crippen LogP contribution in [0.5, 0.6) is 0 Å². The number of hydrogen-bond donors (Lipinski definition) is 1. The topological polar surface area (TPSA) is 55.1 Å². The fourth-order valence-corrected chi connectivity index (χ4v) is 1.61. The lowest BCUT2D eigenvalue weighted by molar-refractivity contribution is 0.0379. The number of ketones is 1. The number of Topliss-reactive ketones (excluding diaryl/α,β-unsaturated/α-hetero) is 1. The molecule has 1 unspecified atom stereocenters. The van der Waals surface area contributed by atoms with Gasteiger partial charge in [0.2, 0.25) is 5.78 Å². The maximum absolute atomic E-state index is 11.9. The molecule has 1 aromatic rings. The molecule has 0 aliphatic heterocycles. The maximum atomic E-state index is 11.9. The van der Waals surface area contributed by atoms with E-state index in [0.717, 1.165) is 0 Å². The zero-order chi connectivity index (χ0) is 10.9. The summed E-state index contributed by atoms with van der Waals surface area (Å²) in [6.07, 6.45) is 1.92. The van der Waals surface area contributed by atoms with Gasteiger partial charge in [0.1, 0.15) is 11.3 Å². The van der Waals surface area contributed by atoms with Crippen LogP contribution in [0.1, 0.15) is 30.8 Å². The van der Waals surface area contributed by atoms with Gasteiger partial charge in [-0.05, 0) is 29.3 Å². The average Bonchev–Trinajstić information content (AvgIpc) is 2.45. The Morgan fingerprint density at radius 1 is 1.79 bits per heavy atom. The molecule has 1 rings (SSSR count). The average molecular weight is 261 g/mol. The van der Waals surface area contributed by atoms with Crippen LogP contribution in [0.2, 0.25) is 0 Å². The Balaban J connectivity index is 3.13. The Hall–Kier alpha value is -0.680. The first-order chi connectivity index (χ1) is 6.40. The van der Waals surface area contributed by atoms with Crippen molar-refractivity contribution in [1.82, 2.24) is 9.78 Å². The molecule has 1 atom stereocenters. The van der Waals surface area contributed by atoms with Gasteiger partial charge in [-0.3, -0.25) is 9.48 Å². The SMILES string of the molecule is CCC(C)(O)C(=O)c1c(Br)cnn1C. The van der Waals surface area contributed by atoms with Gasteiger partial charge in [-0.1, -0.05) is 6.92 Å². The lowest BCUT2D eigenvalue weighted by Crippen LogP contribution is -2.35. The number of halogens is 1. The third-order valence-electron chi connectivity index (χ3n) is 2.29. The summed E-state index contributed by atoms with van der Waals surface area (Å²) < 4.78 is 2.06. The lowest BCUT2D eigenvalue weighted by atomic mass is 9.95. The number of nitrogens with zero attached hydrogens (tertiary/aromatic N) is 2. The largest absolute Gasteiger partial charge is 0.382 e. The first-order valence-electron chi connectivity index (χ1n) is 4.35. The van der Waals surface area contributed by atoms with E-state index in [4.69, 9.17) is 0 Å². The summed E-state index contributed by atoms with van der Waals surface area (Å²) in [6.45, 7) is 3.27. The van der Waals surface area contributed by atoms with E-state index in [9.17, 15) is 9.90 Å². The third kappa shape index (κ3) is 1.88. The van der Waals surface area contributed by atoms with Gasteiger partial charge in [0, 0.05) is 7.05 Å². The molecule has 14 heavy (non-hydrogen) atoms. The van der Waals surface area contributed by atoms with E-state index in [1.807, 2.05) is 0 Å². The second-order valence-corrected chi connectivity index (χ2v) is 4.28. The molecule has 0 radical (unpaired) electrons. The number of carbonyl (C=O) groups is 1. The Morgan fingerprint density at radius 2 is 2.36 bits per heavy atom. The van der Waals surface area contributed by atoms with Crippen LogP contribution in [-0.4, -0.2) is 26.3 Å². The van der Waals surface area contributed by atoms with Crippen molar-refractivity contribution in [1.29, 1.82) is 0 Å². The molecule has 1 N–H and O–H groups in total. The van der Waals surface area contributed by atoms with Crippen LogP contribution >= 0.6 is 15.9 Å². The van der Waals surface area contributed by atoms with E-state index in [2.05, 4.69) is 21.0 Å². The summed E-state index contributed by atoms with van der Waals surface area (Å²) in [5.74, 6) is -0.313. The van der Waals surface area contributed by atoms with Gasteiger partial charge in [0.25, 0.3) is 0 Å². The summed E-state index contributed by atoms with van der Waals surface area (Å²) in [6, 6.07) is 0. The summed E-state index contributed by atoms with van der Waals surface area (Å²) in [4.78, 5) is 11.9. The molecule has 0 aliphatic rings. The van der Waals surface area contributed by atoms with Crippen molar-refractivity contribution in [2.75, 3.05) is 0 Å². The number of rotatable bonds is 3. The second-order valence-electron chi connectivity index (χ2n) is 3.42. The fraction of sp³-hybridized carbons (Fsp3) is 0.556. The first kappa shape index (κ1) is 11.4. The molecule has 0 saturated carbocycles. The molecular weight excluding hydrogens is 248 g/mol. The molecule has 5 heteroatoms. The quantitative estimate of drug-likeness (QED) is 0.839. The van der Waals surface area contributed by atoms with E-state index >= 15 is 0 Å². The van der Waals surface area contributed by atoms with Crippen LogP contribution < -0.4 is 0 Å². The van der Waals surface area contributed by atoms with Gasteiger partial charge in [0.15, 0.2) is 0 Å². The molecule has 0 spiro atoms.